The number of hydrogen-bond acceptors (Lipinski definition) is 2. The summed E-state index contributed by atoms with van der Waals surface area (Å²) in [5.41, 5.74) is 1.90. The highest BCUT2D eigenvalue weighted by Crippen LogP contribution is 2.21. The second-order valence-electron chi connectivity index (χ2n) is 4.67. The van der Waals surface area contributed by atoms with Crippen LogP contribution in [-0.4, -0.2) is 25.2 Å². The van der Waals surface area contributed by atoms with Gasteiger partial charge in [0.15, 0.2) is 0 Å². The van der Waals surface area contributed by atoms with E-state index in [1.54, 1.807) is 7.11 Å². The molecule has 3 nitrogen and oxygen atoms in total. The molecular weight excluding hydrogens is 294 g/mol. The normalized spacial score (nSPS) is 23.0. The fourth-order valence-electron chi connectivity index (χ4n) is 2.30. The van der Waals surface area contributed by atoms with Gasteiger partial charge in [-0.3, -0.25) is 4.79 Å². The molecular formula is C14H18BrNO2. The maximum absolute atomic E-state index is 12.0. The average Bonchev–Trinajstić information content (AvgIpc) is 2.86. The molecule has 0 bridgehead atoms. The maximum Gasteiger partial charge on any atom is 0.251 e. The van der Waals surface area contributed by atoms with E-state index < -0.39 is 0 Å². The van der Waals surface area contributed by atoms with Crippen LogP contribution >= 0.6 is 15.9 Å². The van der Waals surface area contributed by atoms with Gasteiger partial charge in [-0.15, -0.1) is 0 Å². The second-order valence-corrected chi connectivity index (χ2v) is 5.23. The molecule has 0 aliphatic heterocycles. The van der Waals surface area contributed by atoms with Crippen molar-refractivity contribution in [1.82, 2.24) is 5.32 Å². The zero-order valence-corrected chi connectivity index (χ0v) is 12.1. The van der Waals surface area contributed by atoms with Crippen molar-refractivity contribution in [1.29, 1.82) is 0 Å². The van der Waals surface area contributed by atoms with Gasteiger partial charge in [0, 0.05) is 24.0 Å². The van der Waals surface area contributed by atoms with Crippen LogP contribution in [0.5, 0.6) is 0 Å². The minimum absolute atomic E-state index is 0.0119. The highest BCUT2D eigenvalue weighted by molar-refractivity contribution is 9.08. The van der Waals surface area contributed by atoms with Crippen LogP contribution in [0.25, 0.3) is 0 Å². The second kappa shape index (κ2) is 6.34. The first kappa shape index (κ1) is 13.6. The smallest absolute Gasteiger partial charge is 0.251 e. The number of halogens is 1. The molecule has 1 amide bonds. The molecule has 1 aromatic rings. The Bertz CT molecular complexity index is 405. The Labute approximate surface area is 116 Å². The lowest BCUT2D eigenvalue weighted by molar-refractivity contribution is 0.0915. The van der Waals surface area contributed by atoms with Gasteiger partial charge < -0.3 is 10.1 Å². The summed E-state index contributed by atoms with van der Waals surface area (Å²) in [4.78, 5) is 12.0. The summed E-state index contributed by atoms with van der Waals surface area (Å²) in [7, 11) is 1.73. The van der Waals surface area contributed by atoms with Crippen molar-refractivity contribution in [3.8, 4) is 0 Å². The molecule has 0 heterocycles. The minimum atomic E-state index is 0.0119. The fraction of sp³-hybridized carbons (Fsp3) is 0.500. The van der Waals surface area contributed by atoms with E-state index in [1.807, 2.05) is 24.3 Å². The Kier molecular flexibility index (Phi) is 4.78. The third-order valence-corrected chi connectivity index (χ3v) is 4.07. The van der Waals surface area contributed by atoms with Gasteiger partial charge in [-0.2, -0.15) is 0 Å². The van der Waals surface area contributed by atoms with Gasteiger partial charge in [-0.05, 0) is 37.0 Å². The average molecular weight is 312 g/mol. The van der Waals surface area contributed by atoms with Crippen molar-refractivity contribution in [2.75, 3.05) is 7.11 Å². The van der Waals surface area contributed by atoms with Gasteiger partial charge in [-0.25, -0.2) is 0 Å². The number of rotatable bonds is 4. The topological polar surface area (TPSA) is 38.3 Å². The summed E-state index contributed by atoms with van der Waals surface area (Å²) in [5.74, 6) is 0.0119. The van der Waals surface area contributed by atoms with E-state index in [9.17, 15) is 4.79 Å². The zero-order valence-electron chi connectivity index (χ0n) is 10.5. The van der Waals surface area contributed by atoms with Crippen LogP contribution in [0, 0.1) is 0 Å². The van der Waals surface area contributed by atoms with Gasteiger partial charge in [0.2, 0.25) is 0 Å². The highest BCUT2D eigenvalue weighted by Gasteiger charge is 2.25. The van der Waals surface area contributed by atoms with Gasteiger partial charge in [0.05, 0.1) is 6.10 Å². The molecule has 0 saturated heterocycles. The molecule has 18 heavy (non-hydrogen) atoms. The van der Waals surface area contributed by atoms with E-state index >= 15 is 0 Å². The highest BCUT2D eigenvalue weighted by atomic mass is 79.9. The molecule has 2 rings (SSSR count). The van der Waals surface area contributed by atoms with Gasteiger partial charge >= 0.3 is 0 Å². The van der Waals surface area contributed by atoms with Crippen LogP contribution in [0.15, 0.2) is 24.3 Å². The molecule has 0 aromatic heterocycles. The number of hydrogen-bond donors (Lipinski definition) is 1. The molecule has 0 radical (unpaired) electrons. The molecule has 4 heteroatoms. The molecule has 1 N–H and O–H groups in total. The number of alkyl halides is 1. The quantitative estimate of drug-likeness (QED) is 0.868. The van der Waals surface area contributed by atoms with E-state index in [1.165, 1.54) is 5.56 Å². The molecule has 2 unspecified atom stereocenters. The molecule has 2 atom stereocenters. The number of benzene rings is 1. The largest absolute Gasteiger partial charge is 0.381 e. The SMILES string of the molecule is COC1CCC(NC(=O)c2ccc(CBr)cc2)C1. The lowest BCUT2D eigenvalue weighted by atomic mass is 10.1. The van der Waals surface area contributed by atoms with E-state index in [0.717, 1.165) is 30.2 Å². The van der Waals surface area contributed by atoms with E-state index in [4.69, 9.17) is 4.74 Å². The summed E-state index contributed by atoms with van der Waals surface area (Å²) in [6.45, 7) is 0. The molecule has 0 spiro atoms. The van der Waals surface area contributed by atoms with E-state index in [0.29, 0.717) is 6.10 Å². The Hall–Kier alpha value is -0.870. The van der Waals surface area contributed by atoms with Crippen molar-refractivity contribution in [2.45, 2.75) is 36.7 Å². The molecule has 98 valence electrons. The summed E-state index contributed by atoms with van der Waals surface area (Å²) in [6.07, 6.45) is 3.25. The van der Waals surface area contributed by atoms with Crippen molar-refractivity contribution in [2.24, 2.45) is 0 Å². The van der Waals surface area contributed by atoms with Crippen molar-refractivity contribution in [3.05, 3.63) is 35.4 Å². The first-order valence-corrected chi connectivity index (χ1v) is 7.33. The first-order valence-electron chi connectivity index (χ1n) is 6.21. The molecule has 1 aliphatic rings. The number of carbonyl (C=O) groups is 1. The predicted molar refractivity (Wildman–Crippen MR) is 75.0 cm³/mol. The van der Waals surface area contributed by atoms with E-state index in [-0.39, 0.29) is 11.9 Å². The number of carbonyl (C=O) groups excluding carboxylic acids is 1. The number of nitrogens with one attached hydrogen (secondary N) is 1. The standard InChI is InChI=1S/C14H18BrNO2/c1-18-13-7-6-12(8-13)16-14(17)11-4-2-10(9-15)3-5-11/h2-5,12-13H,6-9H2,1H3,(H,16,17). The lowest BCUT2D eigenvalue weighted by Crippen LogP contribution is -2.33. The minimum Gasteiger partial charge on any atom is -0.381 e. The summed E-state index contributed by atoms with van der Waals surface area (Å²) >= 11 is 3.39. The number of methoxy groups -OCH3 is 1. The van der Waals surface area contributed by atoms with Crippen LogP contribution in [0.4, 0.5) is 0 Å². The monoisotopic (exact) mass is 311 g/mol. The van der Waals surface area contributed by atoms with Gasteiger partial charge in [-0.1, -0.05) is 28.1 Å². The van der Waals surface area contributed by atoms with Gasteiger partial charge in [0.25, 0.3) is 5.91 Å². The van der Waals surface area contributed by atoms with Crippen LogP contribution in [0.1, 0.15) is 35.2 Å². The summed E-state index contributed by atoms with van der Waals surface area (Å²) in [5, 5.41) is 3.88. The molecule has 1 aromatic carbocycles. The zero-order chi connectivity index (χ0) is 13.0. The van der Waals surface area contributed by atoms with Crippen molar-refractivity contribution < 1.29 is 9.53 Å². The molecule has 1 aliphatic carbocycles. The van der Waals surface area contributed by atoms with Crippen LogP contribution in [0.3, 0.4) is 0 Å². The maximum atomic E-state index is 12.0. The van der Waals surface area contributed by atoms with Gasteiger partial charge in [0.1, 0.15) is 0 Å². The fourth-order valence-corrected chi connectivity index (χ4v) is 2.67. The molecule has 1 saturated carbocycles. The van der Waals surface area contributed by atoms with Crippen LogP contribution in [0.2, 0.25) is 0 Å². The van der Waals surface area contributed by atoms with Crippen LogP contribution < -0.4 is 5.32 Å². The number of amides is 1. The van der Waals surface area contributed by atoms with Crippen molar-refractivity contribution >= 4 is 21.8 Å². The van der Waals surface area contributed by atoms with Crippen LogP contribution in [-0.2, 0) is 10.1 Å². The first-order chi connectivity index (χ1) is 8.72. The number of ether oxygens (including phenoxy) is 1. The third-order valence-electron chi connectivity index (χ3n) is 3.42. The predicted octanol–water partition coefficient (Wildman–Crippen LogP) is 2.88. The van der Waals surface area contributed by atoms with E-state index in [2.05, 4.69) is 21.2 Å². The Balaban J connectivity index is 1.91. The Morgan fingerprint density at radius 1 is 1.39 bits per heavy atom. The Morgan fingerprint density at radius 3 is 2.67 bits per heavy atom. The summed E-state index contributed by atoms with van der Waals surface area (Å²) in [6, 6.07) is 7.92. The third kappa shape index (κ3) is 3.33. The van der Waals surface area contributed by atoms with Crippen molar-refractivity contribution in [3.63, 3.8) is 0 Å². The lowest BCUT2D eigenvalue weighted by Gasteiger charge is -2.13. The molecule has 1 fully saturated rings. The Morgan fingerprint density at radius 2 is 2.11 bits per heavy atom. The summed E-state index contributed by atoms with van der Waals surface area (Å²) < 4.78 is 5.30.